The number of nitrogen functional groups attached to an aromatic ring is 2. The summed E-state index contributed by atoms with van der Waals surface area (Å²) in [6, 6.07) is 4.56. The third-order valence-electron chi connectivity index (χ3n) is 2.23. The van der Waals surface area contributed by atoms with Crippen LogP contribution in [0.25, 0.3) is 0 Å². The quantitative estimate of drug-likeness (QED) is 0.345. The summed E-state index contributed by atoms with van der Waals surface area (Å²) >= 11 is 0. The first-order chi connectivity index (χ1) is 9.04. The maximum atomic E-state index is 11.7. The number of nitrogens with two attached hydrogens (primary N) is 2. The van der Waals surface area contributed by atoms with Gasteiger partial charge in [0.1, 0.15) is 0 Å². The molecule has 0 atom stereocenters. The lowest BCUT2D eigenvalue weighted by Gasteiger charge is -2.07. The summed E-state index contributed by atoms with van der Waals surface area (Å²) < 4.78 is 9.72. The molecule has 1 aromatic carbocycles. The Labute approximate surface area is 111 Å². The Bertz CT molecular complexity index is 486. The highest BCUT2D eigenvalue weighted by atomic mass is 16.5. The number of hydrogen-bond acceptors (Lipinski definition) is 6. The van der Waals surface area contributed by atoms with Gasteiger partial charge in [0.25, 0.3) is 0 Å². The van der Waals surface area contributed by atoms with Crippen LogP contribution in [0.1, 0.15) is 16.8 Å². The van der Waals surface area contributed by atoms with Crippen LogP contribution in [-0.2, 0) is 14.3 Å². The molecular formula is C13H16N2O4. The summed E-state index contributed by atoms with van der Waals surface area (Å²) in [7, 11) is 0. The van der Waals surface area contributed by atoms with Crippen molar-refractivity contribution in [1.82, 2.24) is 0 Å². The van der Waals surface area contributed by atoms with Crippen molar-refractivity contribution in [2.24, 2.45) is 0 Å². The van der Waals surface area contributed by atoms with Gasteiger partial charge in [0, 0.05) is 23.9 Å². The molecule has 0 radical (unpaired) electrons. The number of hydrogen-bond donors (Lipinski definition) is 2. The number of carbonyl (C=O) groups excluding carboxylic acids is 2. The highest BCUT2D eigenvalue weighted by Gasteiger charge is 2.11. The molecule has 0 aliphatic heterocycles. The monoisotopic (exact) mass is 264 g/mol. The van der Waals surface area contributed by atoms with Gasteiger partial charge >= 0.3 is 11.9 Å². The van der Waals surface area contributed by atoms with E-state index in [1.807, 2.05) is 0 Å². The predicted molar refractivity (Wildman–Crippen MR) is 71.3 cm³/mol. The van der Waals surface area contributed by atoms with E-state index in [2.05, 4.69) is 6.58 Å². The van der Waals surface area contributed by atoms with Crippen LogP contribution in [0.15, 0.2) is 30.9 Å². The van der Waals surface area contributed by atoms with E-state index in [0.29, 0.717) is 12.1 Å². The average molecular weight is 264 g/mol. The third-order valence-corrected chi connectivity index (χ3v) is 2.23. The van der Waals surface area contributed by atoms with Crippen LogP contribution in [0.3, 0.4) is 0 Å². The summed E-state index contributed by atoms with van der Waals surface area (Å²) in [5.74, 6) is -1.04. The molecule has 6 nitrogen and oxygen atoms in total. The third kappa shape index (κ3) is 4.71. The van der Waals surface area contributed by atoms with E-state index in [1.54, 1.807) is 6.07 Å². The first kappa shape index (κ1) is 14.6. The summed E-state index contributed by atoms with van der Waals surface area (Å²) in [4.78, 5) is 22.4. The van der Waals surface area contributed by atoms with Gasteiger partial charge in [-0.2, -0.15) is 0 Å². The molecule has 0 aliphatic carbocycles. The zero-order valence-electron chi connectivity index (χ0n) is 10.4. The zero-order chi connectivity index (χ0) is 14.3. The molecule has 0 fully saturated rings. The normalized spacial score (nSPS) is 9.68. The topological polar surface area (TPSA) is 105 Å². The highest BCUT2D eigenvalue weighted by Crippen LogP contribution is 2.16. The van der Waals surface area contributed by atoms with E-state index in [1.165, 1.54) is 12.1 Å². The fraction of sp³-hybridized carbons (Fsp3) is 0.231. The Kier molecular flexibility index (Phi) is 5.40. The first-order valence-electron chi connectivity index (χ1n) is 5.66. The van der Waals surface area contributed by atoms with Gasteiger partial charge in [0.2, 0.25) is 0 Å². The second-order valence-corrected chi connectivity index (χ2v) is 3.71. The second-order valence-electron chi connectivity index (χ2n) is 3.71. The largest absolute Gasteiger partial charge is 0.462 e. The van der Waals surface area contributed by atoms with Gasteiger partial charge in [-0.05, 0) is 18.2 Å². The van der Waals surface area contributed by atoms with Gasteiger partial charge in [-0.15, -0.1) is 0 Å². The lowest BCUT2D eigenvalue weighted by molar-refractivity contribution is -0.137. The minimum Gasteiger partial charge on any atom is -0.462 e. The van der Waals surface area contributed by atoms with Crippen molar-refractivity contribution >= 4 is 23.3 Å². The maximum absolute atomic E-state index is 11.7. The Balaban J connectivity index is 2.35. The Morgan fingerprint density at radius 2 is 1.89 bits per heavy atom. The molecule has 0 aromatic heterocycles. The van der Waals surface area contributed by atoms with Crippen LogP contribution in [0.4, 0.5) is 11.4 Å². The van der Waals surface area contributed by atoms with Gasteiger partial charge in [0.15, 0.2) is 0 Å². The molecule has 0 heterocycles. The van der Waals surface area contributed by atoms with Crippen LogP contribution in [0, 0.1) is 0 Å². The van der Waals surface area contributed by atoms with Crippen LogP contribution >= 0.6 is 0 Å². The predicted octanol–water partition coefficient (Wildman–Crippen LogP) is 1.13. The molecule has 0 spiro atoms. The van der Waals surface area contributed by atoms with Crippen LogP contribution in [0.5, 0.6) is 0 Å². The van der Waals surface area contributed by atoms with Crippen molar-refractivity contribution in [3.63, 3.8) is 0 Å². The molecule has 6 heteroatoms. The Morgan fingerprint density at radius 3 is 2.53 bits per heavy atom. The van der Waals surface area contributed by atoms with Gasteiger partial charge in [-0.1, -0.05) is 6.58 Å². The molecule has 0 unspecified atom stereocenters. The minimum absolute atomic E-state index is 0.132. The Hall–Kier alpha value is -2.50. The van der Waals surface area contributed by atoms with Gasteiger partial charge in [-0.3, -0.25) is 0 Å². The summed E-state index contributed by atoms with van der Waals surface area (Å²) in [5, 5.41) is 0. The van der Waals surface area contributed by atoms with Crippen molar-refractivity contribution in [3.8, 4) is 0 Å². The molecule has 19 heavy (non-hydrogen) atoms. The number of carbonyl (C=O) groups is 2. The molecule has 0 bridgehead atoms. The van der Waals surface area contributed by atoms with E-state index in [4.69, 9.17) is 20.9 Å². The number of benzene rings is 1. The molecule has 1 rings (SSSR count). The lowest BCUT2D eigenvalue weighted by atomic mass is 10.1. The minimum atomic E-state index is -0.535. The molecule has 0 aliphatic rings. The fourth-order valence-corrected chi connectivity index (χ4v) is 1.30. The van der Waals surface area contributed by atoms with Crippen molar-refractivity contribution in [1.29, 1.82) is 0 Å². The van der Waals surface area contributed by atoms with Gasteiger partial charge in [-0.25, -0.2) is 9.59 Å². The van der Waals surface area contributed by atoms with Crippen molar-refractivity contribution in [2.75, 3.05) is 24.7 Å². The average Bonchev–Trinajstić information content (AvgIpc) is 2.37. The van der Waals surface area contributed by atoms with E-state index in [9.17, 15) is 9.59 Å². The number of rotatable bonds is 6. The maximum Gasteiger partial charge on any atom is 0.340 e. The Morgan fingerprint density at radius 1 is 1.21 bits per heavy atom. The molecule has 0 saturated heterocycles. The van der Waals surface area contributed by atoms with E-state index >= 15 is 0 Å². The van der Waals surface area contributed by atoms with Crippen LogP contribution in [0.2, 0.25) is 0 Å². The van der Waals surface area contributed by atoms with E-state index < -0.39 is 11.9 Å². The van der Waals surface area contributed by atoms with Crippen LogP contribution in [-0.4, -0.2) is 25.2 Å². The van der Waals surface area contributed by atoms with Crippen molar-refractivity contribution < 1.29 is 19.1 Å². The first-order valence-corrected chi connectivity index (χ1v) is 5.66. The fourth-order valence-electron chi connectivity index (χ4n) is 1.30. The summed E-state index contributed by atoms with van der Waals surface area (Å²) in [6.07, 6.45) is 1.47. The molecule has 0 amide bonds. The second kappa shape index (κ2) is 7.05. The van der Waals surface area contributed by atoms with Crippen LogP contribution < -0.4 is 11.5 Å². The molecule has 102 valence electrons. The highest BCUT2D eigenvalue weighted by molar-refractivity contribution is 5.95. The molecule has 4 N–H and O–H groups in total. The van der Waals surface area contributed by atoms with Gasteiger partial charge < -0.3 is 20.9 Å². The smallest absolute Gasteiger partial charge is 0.340 e. The summed E-state index contributed by atoms with van der Waals surface area (Å²) in [5.41, 5.74) is 12.2. The standard InChI is InChI=1S/C13H16N2O4/c1-2-12(16)18-6-3-7-19-13(17)10-5-4-9(14)8-11(10)15/h2,4-5,8H,1,3,6-7,14-15H2. The lowest BCUT2D eigenvalue weighted by Crippen LogP contribution is -2.11. The number of anilines is 2. The summed E-state index contributed by atoms with van der Waals surface area (Å²) in [6.45, 7) is 3.55. The zero-order valence-corrected chi connectivity index (χ0v) is 10.4. The van der Waals surface area contributed by atoms with Crippen molar-refractivity contribution in [3.05, 3.63) is 36.4 Å². The van der Waals surface area contributed by atoms with E-state index in [-0.39, 0.29) is 24.5 Å². The van der Waals surface area contributed by atoms with Crippen molar-refractivity contribution in [2.45, 2.75) is 6.42 Å². The number of esters is 2. The molecular weight excluding hydrogens is 248 g/mol. The SMILES string of the molecule is C=CC(=O)OCCCOC(=O)c1ccc(N)cc1N. The number of ether oxygens (including phenoxy) is 2. The van der Waals surface area contributed by atoms with Gasteiger partial charge in [0.05, 0.1) is 18.8 Å². The van der Waals surface area contributed by atoms with E-state index in [0.717, 1.165) is 6.08 Å². The molecule has 0 saturated carbocycles. The molecule has 1 aromatic rings.